The van der Waals surface area contributed by atoms with Gasteiger partial charge in [-0.15, -0.1) is 0 Å². The fourth-order valence-electron chi connectivity index (χ4n) is 1.60. The Morgan fingerprint density at radius 3 is 2.57 bits per heavy atom. The first-order valence-electron chi connectivity index (χ1n) is 5.70. The number of benzene rings is 2. The van der Waals surface area contributed by atoms with Crippen molar-refractivity contribution in [2.45, 2.75) is 11.5 Å². The molecule has 0 aliphatic heterocycles. The summed E-state index contributed by atoms with van der Waals surface area (Å²) in [6.07, 6.45) is 0. The van der Waals surface area contributed by atoms with Gasteiger partial charge in [0.2, 0.25) is 0 Å². The van der Waals surface area contributed by atoms with Gasteiger partial charge in [0.05, 0.1) is 17.2 Å². The van der Waals surface area contributed by atoms with Crippen LogP contribution in [0.4, 0.5) is 10.1 Å². The van der Waals surface area contributed by atoms with E-state index in [-0.39, 0.29) is 22.2 Å². The van der Waals surface area contributed by atoms with Crippen molar-refractivity contribution in [1.82, 2.24) is 0 Å². The van der Waals surface area contributed by atoms with Crippen LogP contribution in [0.1, 0.15) is 5.56 Å². The zero-order valence-corrected chi connectivity index (χ0v) is 13.6. The molecule has 21 heavy (non-hydrogen) atoms. The van der Waals surface area contributed by atoms with Crippen LogP contribution in [-0.4, -0.2) is 13.5 Å². The zero-order chi connectivity index (χ0) is 15.6. The topological polar surface area (TPSA) is 66.4 Å². The summed E-state index contributed by atoms with van der Waals surface area (Å²) in [7, 11) is -3.98. The first-order valence-corrected chi connectivity index (χ1v) is 8.36. The second-order valence-corrected chi connectivity index (χ2v) is 7.15. The van der Waals surface area contributed by atoms with Crippen LogP contribution in [0.5, 0.6) is 0 Å². The number of hydrogen-bond acceptors (Lipinski definition) is 3. The lowest BCUT2D eigenvalue weighted by atomic mass is 10.2. The van der Waals surface area contributed by atoms with Crippen molar-refractivity contribution in [3.8, 4) is 0 Å². The van der Waals surface area contributed by atoms with Gasteiger partial charge in [0.1, 0.15) is 5.82 Å². The van der Waals surface area contributed by atoms with Gasteiger partial charge in [0, 0.05) is 9.50 Å². The molecule has 0 unspecified atom stereocenters. The molecule has 0 spiro atoms. The van der Waals surface area contributed by atoms with Crippen molar-refractivity contribution in [2.24, 2.45) is 0 Å². The highest BCUT2D eigenvalue weighted by molar-refractivity contribution is 9.10. The minimum absolute atomic E-state index is 0.120. The maximum Gasteiger partial charge on any atom is 0.262 e. The summed E-state index contributed by atoms with van der Waals surface area (Å²) in [4.78, 5) is -0.121. The highest BCUT2D eigenvalue weighted by Crippen LogP contribution is 2.25. The van der Waals surface area contributed by atoms with E-state index in [4.69, 9.17) is 16.7 Å². The molecule has 2 aromatic rings. The standard InChI is InChI=1S/C13H10BrClFNO3S/c14-9-2-4-12(16)13(5-9)17-21(19,20)10-3-1-8(7-18)11(15)6-10/h1-6,17-18H,7H2. The molecule has 0 aliphatic carbocycles. The first kappa shape index (κ1) is 16.2. The molecule has 0 radical (unpaired) electrons. The zero-order valence-electron chi connectivity index (χ0n) is 10.5. The summed E-state index contributed by atoms with van der Waals surface area (Å²) in [5, 5.41) is 9.13. The van der Waals surface area contributed by atoms with Gasteiger partial charge in [-0.3, -0.25) is 4.72 Å². The van der Waals surface area contributed by atoms with Crippen LogP contribution in [0.3, 0.4) is 0 Å². The summed E-state index contributed by atoms with van der Waals surface area (Å²) < 4.78 is 40.7. The lowest BCUT2D eigenvalue weighted by Crippen LogP contribution is -2.14. The van der Waals surface area contributed by atoms with E-state index in [0.717, 1.165) is 6.07 Å². The van der Waals surface area contributed by atoms with E-state index in [1.54, 1.807) is 0 Å². The Hall–Kier alpha value is -1.15. The average molecular weight is 395 g/mol. The largest absolute Gasteiger partial charge is 0.392 e. The summed E-state index contributed by atoms with van der Waals surface area (Å²) in [5.41, 5.74) is 0.232. The Kier molecular flexibility index (Phi) is 4.88. The lowest BCUT2D eigenvalue weighted by Gasteiger charge is -2.10. The van der Waals surface area contributed by atoms with Crippen LogP contribution < -0.4 is 4.72 Å². The average Bonchev–Trinajstić information content (AvgIpc) is 2.42. The molecule has 2 rings (SSSR count). The maximum atomic E-state index is 13.6. The van der Waals surface area contributed by atoms with Gasteiger partial charge in [-0.1, -0.05) is 33.6 Å². The van der Waals surface area contributed by atoms with Gasteiger partial charge in [0.25, 0.3) is 10.0 Å². The third-order valence-corrected chi connectivity index (χ3v) is 4.89. The Labute approximate surface area is 134 Å². The molecule has 0 amide bonds. The Balaban J connectivity index is 2.38. The van der Waals surface area contributed by atoms with Gasteiger partial charge < -0.3 is 5.11 Å². The van der Waals surface area contributed by atoms with Crippen molar-refractivity contribution in [2.75, 3.05) is 4.72 Å². The number of sulfonamides is 1. The second-order valence-electron chi connectivity index (χ2n) is 4.14. The monoisotopic (exact) mass is 393 g/mol. The molecule has 0 aliphatic rings. The smallest absolute Gasteiger partial charge is 0.262 e. The van der Waals surface area contributed by atoms with Crippen LogP contribution in [0.15, 0.2) is 45.8 Å². The molecule has 0 bridgehead atoms. The van der Waals surface area contributed by atoms with Crippen LogP contribution in [0.2, 0.25) is 5.02 Å². The molecule has 0 atom stereocenters. The van der Waals surface area contributed by atoms with Crippen molar-refractivity contribution >= 4 is 43.2 Å². The van der Waals surface area contributed by atoms with Crippen LogP contribution in [0, 0.1) is 5.82 Å². The molecule has 2 N–H and O–H groups in total. The van der Waals surface area contributed by atoms with Crippen molar-refractivity contribution in [3.05, 3.63) is 57.3 Å². The summed E-state index contributed by atoms with van der Waals surface area (Å²) >= 11 is 9.00. The van der Waals surface area contributed by atoms with Gasteiger partial charge in [-0.2, -0.15) is 0 Å². The first-order chi connectivity index (χ1) is 9.83. The number of nitrogens with one attached hydrogen (secondary N) is 1. The number of aliphatic hydroxyl groups excluding tert-OH is 1. The van der Waals surface area contributed by atoms with Gasteiger partial charge in [-0.05, 0) is 35.9 Å². The van der Waals surface area contributed by atoms with Crippen LogP contribution in [0.25, 0.3) is 0 Å². The molecule has 0 heterocycles. The van der Waals surface area contributed by atoms with E-state index in [2.05, 4.69) is 20.7 Å². The third-order valence-electron chi connectivity index (χ3n) is 2.68. The third kappa shape index (κ3) is 3.74. The quantitative estimate of drug-likeness (QED) is 0.833. The van der Waals surface area contributed by atoms with E-state index in [1.807, 2.05) is 0 Å². The van der Waals surface area contributed by atoms with Crippen LogP contribution >= 0.6 is 27.5 Å². The van der Waals surface area contributed by atoms with Crippen LogP contribution in [-0.2, 0) is 16.6 Å². The predicted molar refractivity (Wildman–Crippen MR) is 82.3 cm³/mol. The Morgan fingerprint density at radius 2 is 1.95 bits per heavy atom. The molecule has 8 heteroatoms. The number of rotatable bonds is 4. The number of anilines is 1. The molecule has 4 nitrogen and oxygen atoms in total. The van der Waals surface area contributed by atoms with E-state index in [1.165, 1.54) is 30.3 Å². The fraction of sp³-hybridized carbons (Fsp3) is 0.0769. The highest BCUT2D eigenvalue weighted by Gasteiger charge is 2.17. The maximum absolute atomic E-state index is 13.6. The molecular weight excluding hydrogens is 385 g/mol. The van der Waals surface area contributed by atoms with E-state index in [0.29, 0.717) is 10.0 Å². The van der Waals surface area contributed by atoms with Gasteiger partial charge >= 0.3 is 0 Å². The van der Waals surface area contributed by atoms with E-state index < -0.39 is 15.8 Å². The van der Waals surface area contributed by atoms with Crippen molar-refractivity contribution in [3.63, 3.8) is 0 Å². The predicted octanol–water partition coefficient (Wildman–Crippen LogP) is 3.53. The minimum atomic E-state index is -3.98. The molecule has 0 saturated carbocycles. The van der Waals surface area contributed by atoms with E-state index in [9.17, 15) is 12.8 Å². The summed E-state index contributed by atoms with van der Waals surface area (Å²) in [5.74, 6) is -0.695. The molecule has 112 valence electrons. The molecule has 0 aromatic heterocycles. The van der Waals surface area contributed by atoms with E-state index >= 15 is 0 Å². The summed E-state index contributed by atoms with van der Waals surface area (Å²) in [6.45, 7) is -0.299. The minimum Gasteiger partial charge on any atom is -0.392 e. The molecular formula is C13H10BrClFNO3S. The van der Waals surface area contributed by atoms with Crippen molar-refractivity contribution < 1.29 is 17.9 Å². The van der Waals surface area contributed by atoms with Gasteiger partial charge in [-0.25, -0.2) is 12.8 Å². The van der Waals surface area contributed by atoms with Gasteiger partial charge in [0.15, 0.2) is 0 Å². The Bertz CT molecular complexity index is 783. The fourth-order valence-corrected chi connectivity index (χ4v) is 3.35. The number of hydrogen-bond donors (Lipinski definition) is 2. The van der Waals surface area contributed by atoms with Crippen molar-refractivity contribution in [1.29, 1.82) is 0 Å². The SMILES string of the molecule is O=S(=O)(Nc1cc(Br)ccc1F)c1ccc(CO)c(Cl)c1. The number of aliphatic hydroxyl groups is 1. The molecule has 0 saturated heterocycles. The lowest BCUT2D eigenvalue weighted by molar-refractivity contribution is 0.282. The molecule has 2 aromatic carbocycles. The molecule has 0 fully saturated rings. The normalized spacial score (nSPS) is 11.4. The number of halogens is 3. The second kappa shape index (κ2) is 6.31. The highest BCUT2D eigenvalue weighted by atomic mass is 79.9. The summed E-state index contributed by atoms with van der Waals surface area (Å²) in [6, 6.07) is 7.80. The Morgan fingerprint density at radius 1 is 1.24 bits per heavy atom.